The first-order valence-electron chi connectivity index (χ1n) is 10.2. The van der Waals surface area contributed by atoms with Crippen molar-refractivity contribution >= 4 is 15.5 Å². The molecule has 166 valence electrons. The molecule has 0 spiro atoms. The molecule has 1 aliphatic heterocycles. The van der Waals surface area contributed by atoms with Gasteiger partial charge in [-0.3, -0.25) is 15.0 Å². The van der Waals surface area contributed by atoms with Crippen molar-refractivity contribution in [2.24, 2.45) is 0 Å². The number of non-ortho nitro benzene ring substituents is 1. The van der Waals surface area contributed by atoms with Gasteiger partial charge in [-0.1, -0.05) is 72.8 Å². The van der Waals surface area contributed by atoms with Crippen LogP contribution in [0.25, 0.3) is 0 Å². The second kappa shape index (κ2) is 8.46. The van der Waals surface area contributed by atoms with Crippen LogP contribution in [0.3, 0.4) is 0 Å². The molecule has 1 N–H and O–H groups in total. The summed E-state index contributed by atoms with van der Waals surface area (Å²) in [5.41, 5.74) is 0.520. The first-order chi connectivity index (χ1) is 15.2. The number of β-amino-alcohol motifs (C(OH)–C–C–N with tert-alkyl or cyclic N) is 1. The van der Waals surface area contributed by atoms with Crippen LogP contribution in [0.5, 0.6) is 0 Å². The summed E-state index contributed by atoms with van der Waals surface area (Å²) in [4.78, 5) is 12.7. The molecule has 3 aromatic carbocycles. The lowest BCUT2D eigenvalue weighted by atomic mass is 9.82. The normalized spacial score (nSPS) is 17.0. The third kappa shape index (κ3) is 4.29. The summed E-state index contributed by atoms with van der Waals surface area (Å²) in [5.74, 6) is 0. The van der Waals surface area contributed by atoms with Crippen molar-refractivity contribution in [3.05, 3.63) is 112 Å². The average molecular weight is 453 g/mol. The van der Waals surface area contributed by atoms with Gasteiger partial charge >= 0.3 is 0 Å². The molecule has 1 saturated heterocycles. The smallest absolute Gasteiger partial charge is 0.269 e. The van der Waals surface area contributed by atoms with Crippen LogP contribution in [-0.2, 0) is 9.84 Å². The Hall–Kier alpha value is -3.07. The number of likely N-dealkylation sites (tertiary alicyclic amines) is 1. The largest absolute Gasteiger partial charge is 0.385 e. The summed E-state index contributed by atoms with van der Waals surface area (Å²) >= 11 is 0. The van der Waals surface area contributed by atoms with Gasteiger partial charge in [0.1, 0.15) is 10.9 Å². The van der Waals surface area contributed by atoms with Gasteiger partial charge in [-0.2, -0.15) is 0 Å². The third-order valence-corrected chi connectivity index (χ3v) is 7.42. The topological polar surface area (TPSA) is 101 Å². The van der Waals surface area contributed by atoms with E-state index >= 15 is 0 Å². The summed E-state index contributed by atoms with van der Waals surface area (Å²) in [7, 11) is -3.76. The highest BCUT2D eigenvalue weighted by atomic mass is 32.2. The Morgan fingerprint density at radius 2 is 1.41 bits per heavy atom. The zero-order valence-electron chi connectivity index (χ0n) is 17.5. The van der Waals surface area contributed by atoms with Crippen molar-refractivity contribution in [1.29, 1.82) is 0 Å². The number of hydrogen-bond acceptors (Lipinski definition) is 6. The van der Waals surface area contributed by atoms with Gasteiger partial charge in [0.2, 0.25) is 0 Å². The average Bonchev–Trinajstić information content (AvgIpc) is 2.73. The molecule has 3 aromatic rings. The van der Waals surface area contributed by atoms with Crippen LogP contribution in [0.15, 0.2) is 84.9 Å². The molecule has 0 radical (unpaired) electrons. The van der Waals surface area contributed by atoms with E-state index in [1.165, 1.54) is 24.3 Å². The maximum absolute atomic E-state index is 12.7. The number of benzene rings is 3. The Kier molecular flexibility index (Phi) is 5.85. The van der Waals surface area contributed by atoms with Gasteiger partial charge in [0.25, 0.3) is 5.69 Å². The van der Waals surface area contributed by atoms with E-state index in [1.54, 1.807) is 0 Å². The van der Waals surface area contributed by atoms with Crippen LogP contribution in [0.2, 0.25) is 0 Å². The number of aliphatic hydroxyl groups is 1. The molecule has 8 heteroatoms. The van der Waals surface area contributed by atoms with Crippen LogP contribution >= 0.6 is 0 Å². The van der Waals surface area contributed by atoms with Gasteiger partial charge < -0.3 is 5.11 Å². The Bertz CT molecular complexity index is 1170. The molecule has 1 aliphatic rings. The molecule has 1 unspecified atom stereocenters. The highest BCUT2D eigenvalue weighted by Gasteiger charge is 2.54. The highest BCUT2D eigenvalue weighted by Crippen LogP contribution is 2.44. The minimum Gasteiger partial charge on any atom is -0.385 e. The second-order valence-electron chi connectivity index (χ2n) is 8.29. The van der Waals surface area contributed by atoms with Crippen molar-refractivity contribution in [3.8, 4) is 0 Å². The summed E-state index contributed by atoms with van der Waals surface area (Å²) in [6.07, 6.45) is 1.06. The van der Waals surface area contributed by atoms with E-state index in [4.69, 9.17) is 0 Å². The molecule has 0 aliphatic carbocycles. The lowest BCUT2D eigenvalue weighted by Crippen LogP contribution is -2.66. The Morgan fingerprint density at radius 1 is 0.906 bits per heavy atom. The monoisotopic (exact) mass is 452 g/mol. The number of hydrogen-bond donors (Lipinski definition) is 1. The van der Waals surface area contributed by atoms with E-state index in [-0.39, 0.29) is 30.4 Å². The van der Waals surface area contributed by atoms with E-state index < -0.39 is 25.6 Å². The zero-order valence-corrected chi connectivity index (χ0v) is 18.4. The molecule has 0 amide bonds. The number of nitro benzene ring substituents is 1. The first-order valence-corrected chi connectivity index (χ1v) is 12.1. The predicted octanol–water partition coefficient (Wildman–Crippen LogP) is 3.52. The lowest BCUT2D eigenvalue weighted by molar-refractivity contribution is -0.384. The van der Waals surface area contributed by atoms with Crippen molar-refractivity contribution in [2.45, 2.75) is 16.9 Å². The van der Waals surface area contributed by atoms with Gasteiger partial charge in [-0.15, -0.1) is 0 Å². The van der Waals surface area contributed by atoms with Crippen LogP contribution < -0.4 is 0 Å². The van der Waals surface area contributed by atoms with Crippen LogP contribution in [0.4, 0.5) is 5.69 Å². The zero-order chi connectivity index (χ0) is 22.9. The molecule has 7 nitrogen and oxygen atoms in total. The van der Waals surface area contributed by atoms with Crippen LogP contribution in [0.1, 0.15) is 28.0 Å². The maximum atomic E-state index is 12.7. The van der Waals surface area contributed by atoms with Crippen molar-refractivity contribution in [2.75, 3.05) is 19.3 Å². The minimum absolute atomic E-state index is 0.113. The number of rotatable bonds is 7. The quantitative estimate of drug-likeness (QED) is 0.435. The SMILES string of the molecule is CS(=O)(=O)C(c1cccc([N+](=O)[O-])c1)C1(O)CN(C(c2ccccc2)c2ccccc2)C1. The molecule has 1 fully saturated rings. The van der Waals surface area contributed by atoms with Crippen LogP contribution in [-0.4, -0.2) is 48.3 Å². The number of nitrogens with zero attached hydrogens (tertiary/aromatic N) is 2. The van der Waals surface area contributed by atoms with Crippen molar-refractivity contribution < 1.29 is 18.4 Å². The molecule has 4 rings (SSSR count). The van der Waals surface area contributed by atoms with Crippen molar-refractivity contribution in [3.63, 3.8) is 0 Å². The summed E-state index contributed by atoms with van der Waals surface area (Å²) in [5, 5.41) is 21.3. The van der Waals surface area contributed by atoms with E-state index in [1.807, 2.05) is 65.6 Å². The summed E-state index contributed by atoms with van der Waals surface area (Å²) in [6, 6.07) is 25.0. The molecule has 0 aromatic heterocycles. The Morgan fingerprint density at radius 3 is 1.88 bits per heavy atom. The fraction of sp³-hybridized carbons (Fsp3) is 0.250. The fourth-order valence-electron chi connectivity index (χ4n) is 4.65. The lowest BCUT2D eigenvalue weighted by Gasteiger charge is -2.53. The molecular formula is C24H24N2O5S. The van der Waals surface area contributed by atoms with Gasteiger partial charge in [-0.05, 0) is 16.7 Å². The van der Waals surface area contributed by atoms with E-state index in [0.29, 0.717) is 0 Å². The van der Waals surface area contributed by atoms with Gasteiger partial charge in [0.05, 0.1) is 11.0 Å². The van der Waals surface area contributed by atoms with E-state index in [9.17, 15) is 23.6 Å². The summed E-state index contributed by atoms with van der Waals surface area (Å²) < 4.78 is 25.4. The predicted molar refractivity (Wildman–Crippen MR) is 122 cm³/mol. The van der Waals surface area contributed by atoms with Crippen LogP contribution in [0, 0.1) is 10.1 Å². The van der Waals surface area contributed by atoms with Crippen molar-refractivity contribution in [1.82, 2.24) is 4.90 Å². The third-order valence-electron chi connectivity index (χ3n) is 5.85. The molecule has 1 atom stereocenters. The Labute approximate surface area is 187 Å². The first kappa shape index (κ1) is 22.1. The summed E-state index contributed by atoms with van der Waals surface area (Å²) in [6.45, 7) is 0.226. The number of sulfone groups is 1. The fourth-order valence-corrected chi connectivity index (χ4v) is 6.23. The molecule has 0 bridgehead atoms. The van der Waals surface area contributed by atoms with Gasteiger partial charge in [-0.25, -0.2) is 8.42 Å². The Balaban J connectivity index is 1.68. The standard InChI is InChI=1S/C24H24N2O5S/c1-32(30,31)23(20-13-8-14-21(15-20)26(28)29)24(27)16-25(17-24)22(18-9-4-2-5-10-18)19-11-6-3-7-12-19/h2-15,22-23,27H,16-17H2,1H3. The van der Waals surface area contributed by atoms with Gasteiger partial charge in [0, 0.05) is 31.5 Å². The molecular weight excluding hydrogens is 428 g/mol. The minimum atomic E-state index is -3.76. The van der Waals surface area contributed by atoms with E-state index in [2.05, 4.69) is 0 Å². The number of nitro groups is 1. The molecule has 0 saturated carbocycles. The second-order valence-corrected chi connectivity index (χ2v) is 10.4. The van der Waals surface area contributed by atoms with E-state index in [0.717, 1.165) is 17.4 Å². The van der Waals surface area contributed by atoms with Gasteiger partial charge in [0.15, 0.2) is 9.84 Å². The highest BCUT2D eigenvalue weighted by molar-refractivity contribution is 7.91. The maximum Gasteiger partial charge on any atom is 0.269 e. The molecule has 32 heavy (non-hydrogen) atoms. The molecule has 1 heterocycles.